The van der Waals surface area contributed by atoms with Crippen LogP contribution in [0.3, 0.4) is 0 Å². The lowest BCUT2D eigenvalue weighted by molar-refractivity contribution is -0.138. The van der Waals surface area contributed by atoms with Crippen molar-refractivity contribution in [1.29, 1.82) is 0 Å². The van der Waals surface area contributed by atoms with Crippen molar-refractivity contribution < 1.29 is 29.0 Å². The zero-order valence-corrected chi connectivity index (χ0v) is 17.2. The number of carbonyl (C=O) groups excluding carboxylic acids is 3. The van der Waals surface area contributed by atoms with Gasteiger partial charge in [0.05, 0.1) is 11.3 Å². The molecule has 0 radical (unpaired) electrons. The van der Waals surface area contributed by atoms with Gasteiger partial charge in [-0.15, -0.1) is 0 Å². The molecular formula is C21H21N3O6S. The Bertz CT molecular complexity index is 978. The maximum Gasteiger partial charge on any atom is 0.322 e. The van der Waals surface area contributed by atoms with Crippen LogP contribution in [0.5, 0.6) is 11.5 Å². The third kappa shape index (κ3) is 6.56. The summed E-state index contributed by atoms with van der Waals surface area (Å²) in [5.74, 6) is -0.721. The van der Waals surface area contributed by atoms with E-state index in [0.717, 1.165) is 22.9 Å². The van der Waals surface area contributed by atoms with E-state index in [9.17, 15) is 19.2 Å². The number of imide groups is 1. The highest BCUT2D eigenvalue weighted by molar-refractivity contribution is 8.15. The first-order valence-electron chi connectivity index (χ1n) is 9.42. The maximum absolute atomic E-state index is 11.8. The first kappa shape index (κ1) is 22.3. The molecular weight excluding hydrogens is 422 g/mol. The van der Waals surface area contributed by atoms with Crippen LogP contribution in [0.15, 0.2) is 48.5 Å². The van der Waals surface area contributed by atoms with Gasteiger partial charge in [0.2, 0.25) is 11.8 Å². The van der Waals surface area contributed by atoms with Crippen molar-refractivity contribution in [2.24, 2.45) is 5.73 Å². The number of ether oxygens (including phenoxy) is 1. The fourth-order valence-corrected chi connectivity index (χ4v) is 3.77. The number of rotatable bonds is 9. The second kappa shape index (κ2) is 10.1. The zero-order valence-electron chi connectivity index (χ0n) is 16.4. The van der Waals surface area contributed by atoms with Crippen molar-refractivity contribution >= 4 is 34.8 Å². The molecule has 0 spiro atoms. The molecule has 5 N–H and O–H groups in total. The van der Waals surface area contributed by atoms with Crippen LogP contribution in [0.1, 0.15) is 11.1 Å². The lowest BCUT2D eigenvalue weighted by atomic mass is 10.1. The van der Waals surface area contributed by atoms with Crippen LogP contribution in [-0.2, 0) is 27.2 Å². The van der Waals surface area contributed by atoms with Crippen LogP contribution in [0, 0.1) is 0 Å². The molecule has 2 aromatic rings. The molecule has 1 aliphatic heterocycles. The minimum absolute atomic E-state index is 0.260. The summed E-state index contributed by atoms with van der Waals surface area (Å²) in [6, 6.07) is 13.4. The minimum atomic E-state index is -1.13. The Morgan fingerprint density at radius 2 is 1.65 bits per heavy atom. The fraction of sp³-hybridized carbons (Fsp3) is 0.238. The second-order valence-corrected chi connectivity index (χ2v) is 8.07. The van der Waals surface area contributed by atoms with Crippen LogP contribution >= 0.6 is 11.8 Å². The van der Waals surface area contributed by atoms with E-state index in [2.05, 4.69) is 10.6 Å². The first-order valence-corrected chi connectivity index (χ1v) is 10.3. The third-order valence-electron chi connectivity index (χ3n) is 4.48. The molecule has 2 atom stereocenters. The van der Waals surface area contributed by atoms with Crippen molar-refractivity contribution in [3.05, 3.63) is 59.7 Å². The summed E-state index contributed by atoms with van der Waals surface area (Å²) >= 11 is 0.995. The molecule has 3 rings (SSSR count). The number of thioether (sulfide) groups is 1. The lowest BCUT2D eigenvalue weighted by Crippen LogP contribution is -2.43. The summed E-state index contributed by atoms with van der Waals surface area (Å²) < 4.78 is 5.80. The van der Waals surface area contributed by atoms with Crippen LogP contribution < -0.4 is 21.1 Å². The van der Waals surface area contributed by atoms with E-state index in [-0.39, 0.29) is 17.6 Å². The van der Waals surface area contributed by atoms with Gasteiger partial charge in [-0.25, -0.2) is 0 Å². The number of aliphatic carboxylic acids is 1. The van der Waals surface area contributed by atoms with E-state index < -0.39 is 29.7 Å². The van der Waals surface area contributed by atoms with Gasteiger partial charge < -0.3 is 20.9 Å². The molecule has 31 heavy (non-hydrogen) atoms. The molecule has 3 amide bonds. The van der Waals surface area contributed by atoms with Crippen LogP contribution in [-0.4, -0.2) is 46.0 Å². The molecule has 0 saturated carbocycles. The molecule has 0 aromatic heterocycles. The normalized spacial score (nSPS) is 16.5. The molecule has 1 fully saturated rings. The van der Waals surface area contributed by atoms with E-state index in [0.29, 0.717) is 17.9 Å². The average Bonchev–Trinajstić information content (AvgIpc) is 3.05. The van der Waals surface area contributed by atoms with Crippen LogP contribution in [0.25, 0.3) is 0 Å². The zero-order chi connectivity index (χ0) is 22.4. The summed E-state index contributed by atoms with van der Waals surface area (Å²) in [4.78, 5) is 45.2. The number of hydrogen-bond donors (Lipinski definition) is 4. The van der Waals surface area contributed by atoms with E-state index in [1.165, 1.54) is 0 Å². The van der Waals surface area contributed by atoms with E-state index in [1.807, 2.05) is 12.1 Å². The van der Waals surface area contributed by atoms with Gasteiger partial charge in [0.1, 0.15) is 18.0 Å². The first-order chi connectivity index (χ1) is 14.8. The Kier molecular flexibility index (Phi) is 7.27. The molecule has 162 valence electrons. The molecule has 0 aliphatic carbocycles. The molecule has 1 aliphatic rings. The van der Waals surface area contributed by atoms with Gasteiger partial charge in [-0.05, 0) is 48.2 Å². The number of nitrogens with two attached hydrogens (primary N) is 1. The lowest BCUT2D eigenvalue weighted by Gasteiger charge is -2.12. The van der Waals surface area contributed by atoms with Crippen LogP contribution in [0.4, 0.5) is 4.79 Å². The van der Waals surface area contributed by atoms with Crippen molar-refractivity contribution in [3.8, 4) is 11.5 Å². The number of benzene rings is 2. The molecule has 0 bridgehead atoms. The van der Waals surface area contributed by atoms with E-state index in [4.69, 9.17) is 15.6 Å². The molecule has 2 aromatic carbocycles. The average molecular weight is 443 g/mol. The highest BCUT2D eigenvalue weighted by Crippen LogP contribution is 2.26. The topological polar surface area (TPSA) is 148 Å². The fourth-order valence-electron chi connectivity index (χ4n) is 2.91. The summed E-state index contributed by atoms with van der Waals surface area (Å²) in [5, 5.41) is 12.4. The summed E-state index contributed by atoms with van der Waals surface area (Å²) in [7, 11) is 0. The quantitative estimate of drug-likeness (QED) is 0.455. The standard InChI is InChI=1S/C21H21N3O6S/c22-16(19(27)23-11-18(25)26)9-12-1-5-14(6-2-12)30-15-7-3-13(4-8-15)10-17-20(28)24-21(29)31-17/h1-8,16-17H,9-11,22H2,(H,23,27)(H,25,26)(H,24,28,29). The molecule has 10 heteroatoms. The molecule has 1 saturated heterocycles. The SMILES string of the molecule is NC(Cc1ccc(Oc2ccc(CC3SC(=O)NC3=O)cc2)cc1)C(=O)NCC(=O)O. The van der Waals surface area contributed by atoms with Gasteiger partial charge in [-0.3, -0.25) is 24.5 Å². The third-order valence-corrected chi connectivity index (χ3v) is 5.46. The Hall–Kier alpha value is -3.37. The largest absolute Gasteiger partial charge is 0.480 e. The number of carboxylic acid groups (broad SMARTS) is 1. The Balaban J connectivity index is 1.51. The number of nitrogens with one attached hydrogen (secondary N) is 2. The van der Waals surface area contributed by atoms with Crippen molar-refractivity contribution in [1.82, 2.24) is 10.6 Å². The Morgan fingerprint density at radius 1 is 1.06 bits per heavy atom. The highest BCUT2D eigenvalue weighted by Gasteiger charge is 2.31. The van der Waals surface area contributed by atoms with Gasteiger partial charge in [0, 0.05) is 0 Å². The maximum atomic E-state index is 11.8. The number of hydrogen-bond acceptors (Lipinski definition) is 7. The second-order valence-electron chi connectivity index (χ2n) is 6.90. The minimum Gasteiger partial charge on any atom is -0.480 e. The number of carbonyl (C=O) groups is 4. The molecule has 2 unspecified atom stereocenters. The summed E-state index contributed by atoms with van der Waals surface area (Å²) in [5.41, 5.74) is 7.53. The van der Waals surface area contributed by atoms with Crippen molar-refractivity contribution in [2.75, 3.05) is 6.54 Å². The highest BCUT2D eigenvalue weighted by atomic mass is 32.2. The predicted octanol–water partition coefficient (Wildman–Crippen LogP) is 1.44. The number of carboxylic acids is 1. The number of amides is 3. The van der Waals surface area contributed by atoms with Gasteiger partial charge in [0.25, 0.3) is 5.24 Å². The van der Waals surface area contributed by atoms with Crippen molar-refractivity contribution in [2.45, 2.75) is 24.1 Å². The monoisotopic (exact) mass is 443 g/mol. The summed E-state index contributed by atoms with van der Waals surface area (Å²) in [6.07, 6.45) is 0.715. The summed E-state index contributed by atoms with van der Waals surface area (Å²) in [6.45, 7) is -0.469. The molecule has 9 nitrogen and oxygen atoms in total. The van der Waals surface area contributed by atoms with Gasteiger partial charge >= 0.3 is 5.97 Å². The smallest absolute Gasteiger partial charge is 0.322 e. The Labute approximate surface area is 182 Å². The van der Waals surface area contributed by atoms with Gasteiger partial charge in [-0.2, -0.15) is 0 Å². The van der Waals surface area contributed by atoms with Crippen LogP contribution in [0.2, 0.25) is 0 Å². The van der Waals surface area contributed by atoms with E-state index >= 15 is 0 Å². The Morgan fingerprint density at radius 3 is 2.16 bits per heavy atom. The van der Waals surface area contributed by atoms with Gasteiger partial charge in [-0.1, -0.05) is 36.0 Å². The van der Waals surface area contributed by atoms with E-state index in [1.54, 1.807) is 36.4 Å². The molecule has 1 heterocycles. The van der Waals surface area contributed by atoms with Gasteiger partial charge in [0.15, 0.2) is 0 Å². The van der Waals surface area contributed by atoms with Crippen molar-refractivity contribution in [3.63, 3.8) is 0 Å². The predicted molar refractivity (Wildman–Crippen MR) is 114 cm³/mol.